The highest BCUT2D eigenvalue weighted by molar-refractivity contribution is 6.19. The van der Waals surface area contributed by atoms with Crippen LogP contribution in [0.1, 0.15) is 128 Å². The van der Waals surface area contributed by atoms with Crippen LogP contribution in [-0.2, 0) is 54.9 Å². The lowest BCUT2D eigenvalue weighted by Crippen LogP contribution is -2.32. The molecule has 4 unspecified atom stereocenters. The fraction of sp³-hybridized carbons (Fsp3) is 0.241. The Morgan fingerprint density at radius 3 is 0.678 bits per heavy atom. The van der Waals surface area contributed by atoms with Crippen molar-refractivity contribution >= 4 is 119 Å². The lowest BCUT2D eigenvalue weighted by Gasteiger charge is -2.27. The molecule has 4 atom stereocenters. The molecule has 0 bridgehead atoms. The summed E-state index contributed by atoms with van der Waals surface area (Å²) in [6.45, 7) is 7.72. The highest BCUT2D eigenvalue weighted by Crippen LogP contribution is 2.46. The van der Waals surface area contributed by atoms with Gasteiger partial charge in [-0.05, 0) is 152 Å². The Balaban J connectivity index is 0.000000136. The maximum absolute atomic E-state index is 13.6. The number of ketones is 4. The van der Waals surface area contributed by atoms with E-state index in [0.29, 0.717) is 107 Å². The molecule has 34 heteroatoms. The number of ether oxygens (including phenoxy) is 1. The maximum Gasteiger partial charge on any atom is 0.302 e. The van der Waals surface area contributed by atoms with E-state index in [2.05, 4.69) is 24.7 Å². The van der Waals surface area contributed by atoms with Crippen LogP contribution in [0.5, 0.6) is 0 Å². The molecule has 4 aliphatic heterocycles. The molecule has 0 saturated carbocycles. The van der Waals surface area contributed by atoms with E-state index in [0.717, 1.165) is 66.5 Å². The van der Waals surface area contributed by atoms with Crippen molar-refractivity contribution in [3.8, 4) is 0 Å². The standard InChI is InChI=1S/4C27H26N4O4.C4H8O2/c4*1-29(2)20-10-8-18(9-11-20)24-23(25(32)22-16-19-6-3-4-7-21(19)35-22)26(33)27(34)31(24)14-5-13-30-15-12-28-17-30;1-3-6-4(2)5/h4*3-4,6-12,15-17,24,33H,5,13-14H2,1-2H3;3H2,1-2H3. The molecule has 8 aromatic carbocycles. The van der Waals surface area contributed by atoms with Crippen LogP contribution in [0.3, 0.4) is 0 Å². The van der Waals surface area contributed by atoms with E-state index in [4.69, 9.17) is 17.7 Å². The van der Waals surface area contributed by atoms with Crippen molar-refractivity contribution in [2.45, 2.75) is 89.9 Å². The van der Waals surface area contributed by atoms with Crippen molar-refractivity contribution < 1.29 is 86.0 Å². The second-order valence-electron chi connectivity index (χ2n) is 36.0. The normalized spacial score (nSPS) is 15.5. The zero-order chi connectivity index (χ0) is 103. The number of esters is 1. The second kappa shape index (κ2) is 45.4. The number of benzene rings is 8. The molecule has 4 amide bonds. The van der Waals surface area contributed by atoms with Gasteiger partial charge in [0.2, 0.25) is 23.1 Å². The molecule has 34 nitrogen and oxygen atoms in total. The van der Waals surface area contributed by atoms with Gasteiger partial charge in [0.1, 0.15) is 22.3 Å². The Kier molecular flexibility index (Phi) is 31.4. The fourth-order valence-electron chi connectivity index (χ4n) is 18.1. The first kappa shape index (κ1) is 101. The third kappa shape index (κ3) is 22.4. The number of aromatic nitrogens is 8. The van der Waals surface area contributed by atoms with Gasteiger partial charge >= 0.3 is 5.97 Å². The number of aryl methyl sites for hydroxylation is 4. The van der Waals surface area contributed by atoms with E-state index in [1.54, 1.807) is 125 Å². The Morgan fingerprint density at radius 2 is 0.514 bits per heavy atom. The van der Waals surface area contributed by atoms with E-state index < -0.39 is 94.0 Å². The summed E-state index contributed by atoms with van der Waals surface area (Å²) in [4.78, 5) is 147. The molecule has 748 valence electrons. The third-order valence-corrected chi connectivity index (χ3v) is 25.5. The van der Waals surface area contributed by atoms with Gasteiger partial charge in [-0.2, -0.15) is 0 Å². The number of amides is 4. The fourth-order valence-corrected chi connectivity index (χ4v) is 18.1. The Bertz CT molecular complexity index is 6510. The molecule has 146 heavy (non-hydrogen) atoms. The first-order valence-electron chi connectivity index (χ1n) is 47.7. The first-order chi connectivity index (χ1) is 70.5. The number of carbonyl (C=O) groups is 9. The summed E-state index contributed by atoms with van der Waals surface area (Å²) in [6.07, 6.45) is 23.6. The van der Waals surface area contributed by atoms with Gasteiger partial charge in [-0.25, -0.2) is 19.9 Å². The molecule has 16 aromatic rings. The van der Waals surface area contributed by atoms with Crippen LogP contribution in [0.15, 0.2) is 356 Å². The van der Waals surface area contributed by atoms with Gasteiger partial charge in [-0.1, -0.05) is 121 Å². The minimum atomic E-state index is -0.720. The molecule has 0 fully saturated rings. The van der Waals surface area contributed by atoms with Crippen molar-refractivity contribution in [1.82, 2.24) is 57.8 Å². The molecule has 0 spiro atoms. The van der Waals surface area contributed by atoms with Gasteiger partial charge in [-0.15, -0.1) is 0 Å². The zero-order valence-corrected chi connectivity index (χ0v) is 82.4. The first-order valence-corrected chi connectivity index (χ1v) is 47.7. The van der Waals surface area contributed by atoms with Crippen molar-refractivity contribution in [1.29, 1.82) is 0 Å². The molecule has 20 rings (SSSR count). The van der Waals surface area contributed by atoms with Crippen LogP contribution in [-0.4, -0.2) is 220 Å². The molecule has 0 radical (unpaired) electrons. The number of imidazole rings is 4. The summed E-state index contributed by atoms with van der Waals surface area (Å²) in [5, 5.41) is 46.7. The topological polar surface area (TPSA) is 394 Å². The average Bonchev–Trinajstić information content (AvgIpc) is 1.61. The highest BCUT2D eigenvalue weighted by Gasteiger charge is 2.49. The van der Waals surface area contributed by atoms with E-state index in [1.165, 1.54) is 6.92 Å². The van der Waals surface area contributed by atoms with Crippen molar-refractivity contribution in [3.05, 3.63) is 384 Å². The van der Waals surface area contributed by atoms with Crippen molar-refractivity contribution in [3.63, 3.8) is 0 Å². The van der Waals surface area contributed by atoms with E-state index in [9.17, 15) is 63.6 Å². The number of anilines is 4. The van der Waals surface area contributed by atoms with Crippen LogP contribution >= 0.6 is 0 Å². The van der Waals surface area contributed by atoms with Crippen LogP contribution in [0, 0.1) is 0 Å². The summed E-state index contributed by atoms with van der Waals surface area (Å²) in [6, 6.07) is 63.6. The Morgan fingerprint density at radius 1 is 0.308 bits per heavy atom. The number of hydrogen-bond acceptors (Lipinski definition) is 26. The molecular formula is C112H112N16O18. The molecule has 8 aromatic heterocycles. The van der Waals surface area contributed by atoms with Crippen LogP contribution < -0.4 is 19.6 Å². The smallest absolute Gasteiger partial charge is 0.302 e. The Labute approximate surface area is 841 Å². The molecule has 4 N–H and O–H groups in total. The minimum absolute atomic E-state index is 0.0364. The quantitative estimate of drug-likeness (QED) is 0.0219. The van der Waals surface area contributed by atoms with Gasteiger partial charge < -0.3 is 100 Å². The van der Waals surface area contributed by atoms with E-state index in [-0.39, 0.29) is 51.3 Å². The number of nitrogens with zero attached hydrogens (tertiary/aromatic N) is 16. The predicted molar refractivity (Wildman–Crippen MR) is 551 cm³/mol. The highest BCUT2D eigenvalue weighted by atomic mass is 16.5. The van der Waals surface area contributed by atoms with E-state index in [1.807, 2.05) is 289 Å². The summed E-state index contributed by atoms with van der Waals surface area (Å²) in [5.41, 5.74) is 9.38. The molecule has 0 saturated heterocycles. The average molecular weight is 1970 g/mol. The molecule has 12 heterocycles. The van der Waals surface area contributed by atoms with Gasteiger partial charge in [0.25, 0.3) is 23.6 Å². The monoisotopic (exact) mass is 1970 g/mol. The number of fused-ring (bicyclic) bond motifs is 4. The van der Waals surface area contributed by atoms with Crippen molar-refractivity contribution in [2.24, 2.45) is 0 Å². The molecule has 4 aliphatic rings. The van der Waals surface area contributed by atoms with Crippen LogP contribution in [0.25, 0.3) is 43.9 Å². The van der Waals surface area contributed by atoms with Crippen LogP contribution in [0.2, 0.25) is 0 Å². The largest absolute Gasteiger partial charge is 0.503 e. The third-order valence-electron chi connectivity index (χ3n) is 25.5. The van der Waals surface area contributed by atoms with Crippen molar-refractivity contribution in [2.75, 3.05) is 109 Å². The SMILES string of the molecule is CCOC(C)=O.CN(C)c1ccc(C2C(C(=O)c3cc4ccccc4o3)=C(O)C(=O)N2CCCn2ccnc2)cc1.CN(C)c1ccc(C2C(C(=O)c3cc4ccccc4o3)=C(O)C(=O)N2CCCn2ccnc2)cc1.CN(C)c1ccc(C2C(C(=O)c3cc4ccccc4o3)=C(O)C(=O)N2CCCn2ccnc2)cc1.CN(C)c1ccc(C2C(C(=O)c3cc4ccccc4o3)=C(O)C(=O)N2CCCn2ccnc2)cc1. The number of aliphatic hydroxyl groups is 4. The van der Waals surface area contributed by atoms with Gasteiger partial charge in [-0.3, -0.25) is 43.2 Å². The van der Waals surface area contributed by atoms with E-state index >= 15 is 0 Å². The zero-order valence-electron chi connectivity index (χ0n) is 82.4. The van der Waals surface area contributed by atoms with Crippen LogP contribution in [0.4, 0.5) is 22.7 Å². The maximum atomic E-state index is 13.6. The second-order valence-corrected chi connectivity index (χ2v) is 36.0. The van der Waals surface area contributed by atoms with Gasteiger partial charge in [0, 0.05) is 210 Å². The lowest BCUT2D eigenvalue weighted by atomic mass is 9.94. The number of hydrogen-bond donors (Lipinski definition) is 4. The summed E-state index contributed by atoms with van der Waals surface area (Å²) in [7, 11) is 15.5. The number of para-hydroxylation sites is 4. The number of rotatable bonds is 33. The molecule has 0 aliphatic carbocycles. The summed E-state index contributed by atoms with van der Waals surface area (Å²) >= 11 is 0. The summed E-state index contributed by atoms with van der Waals surface area (Å²) in [5.74, 6) is -6.16. The Hall–Kier alpha value is -17.9. The number of carbonyl (C=O) groups excluding carboxylic acids is 9. The summed E-state index contributed by atoms with van der Waals surface area (Å²) < 4.78 is 35.2. The predicted octanol–water partition coefficient (Wildman–Crippen LogP) is 18.0. The van der Waals surface area contributed by atoms with Gasteiger partial charge in [0.05, 0.1) is 78.4 Å². The molecular weight excluding hydrogens is 1860 g/mol. The number of furan rings is 4. The van der Waals surface area contributed by atoms with Gasteiger partial charge in [0.15, 0.2) is 46.1 Å². The lowest BCUT2D eigenvalue weighted by molar-refractivity contribution is -0.140. The number of aliphatic hydroxyl groups excluding tert-OH is 4. The minimum Gasteiger partial charge on any atom is -0.503 e. The number of Topliss-reactive ketones (excluding diaryl/α,β-unsaturated/α-hetero) is 4.